The summed E-state index contributed by atoms with van der Waals surface area (Å²) >= 11 is 0. The number of carbonyl (C=O) groups excluding carboxylic acids is 1. The van der Waals surface area contributed by atoms with Crippen LogP contribution in [0.2, 0.25) is 0 Å². The highest BCUT2D eigenvalue weighted by Crippen LogP contribution is 2.33. The summed E-state index contributed by atoms with van der Waals surface area (Å²) in [5.41, 5.74) is 0. The first kappa shape index (κ1) is 10.5. The molecule has 1 heterocycles. The molecule has 0 unspecified atom stereocenters. The van der Waals surface area contributed by atoms with E-state index in [2.05, 4.69) is 6.92 Å². The van der Waals surface area contributed by atoms with Gasteiger partial charge >= 0.3 is 5.97 Å². The molecule has 1 fully saturated rings. The quantitative estimate of drug-likeness (QED) is 0.498. The second kappa shape index (κ2) is 4.09. The van der Waals surface area contributed by atoms with Crippen LogP contribution in [0, 0.1) is 5.92 Å². The summed E-state index contributed by atoms with van der Waals surface area (Å²) in [7, 11) is 0. The molecule has 0 bridgehead atoms. The smallest absolute Gasteiger partial charge is 0.308 e. The Morgan fingerprint density at radius 1 is 1.69 bits per heavy atom. The number of cyclic esters (lactones) is 1. The Bertz CT molecular complexity index is 191. The number of esters is 1. The average Bonchev–Trinajstić information content (AvgIpc) is 2.27. The first-order chi connectivity index (χ1) is 6.08. The maximum atomic E-state index is 11.0. The van der Waals surface area contributed by atoms with Gasteiger partial charge in [0.1, 0.15) is 0 Å². The molecule has 3 heteroatoms. The van der Waals surface area contributed by atoms with Gasteiger partial charge in [-0.05, 0) is 6.42 Å². The van der Waals surface area contributed by atoms with Crippen molar-refractivity contribution in [1.29, 1.82) is 0 Å². The van der Waals surface area contributed by atoms with Crippen LogP contribution in [-0.2, 0) is 14.3 Å². The fourth-order valence-corrected chi connectivity index (χ4v) is 1.39. The summed E-state index contributed by atoms with van der Waals surface area (Å²) in [5.74, 6) is -0.657. The van der Waals surface area contributed by atoms with Gasteiger partial charge in [-0.2, -0.15) is 0 Å². The molecule has 0 amide bonds. The molecule has 0 aromatic rings. The van der Waals surface area contributed by atoms with Gasteiger partial charge in [-0.15, -0.1) is 0 Å². The molecular weight excluding hydrogens is 168 g/mol. The van der Waals surface area contributed by atoms with Crippen LogP contribution in [0.25, 0.3) is 0 Å². The van der Waals surface area contributed by atoms with Gasteiger partial charge in [0.25, 0.3) is 0 Å². The highest BCUT2D eigenvalue weighted by Gasteiger charge is 2.43. The van der Waals surface area contributed by atoms with Crippen molar-refractivity contribution >= 4 is 5.97 Å². The lowest BCUT2D eigenvalue weighted by Crippen LogP contribution is -2.34. The van der Waals surface area contributed by atoms with Crippen molar-refractivity contribution in [3.63, 3.8) is 0 Å². The van der Waals surface area contributed by atoms with Crippen LogP contribution in [0.4, 0.5) is 0 Å². The molecule has 0 radical (unpaired) electrons. The van der Waals surface area contributed by atoms with Crippen molar-refractivity contribution in [1.82, 2.24) is 0 Å². The fraction of sp³-hybridized carbons (Fsp3) is 0.900. The molecule has 1 aliphatic rings. The summed E-state index contributed by atoms with van der Waals surface area (Å²) in [5, 5.41) is 0. The zero-order valence-corrected chi connectivity index (χ0v) is 8.63. The molecule has 0 aliphatic carbocycles. The van der Waals surface area contributed by atoms with Crippen molar-refractivity contribution < 1.29 is 14.3 Å². The first-order valence-electron chi connectivity index (χ1n) is 4.94. The lowest BCUT2D eigenvalue weighted by atomic mass is 10.0. The molecule has 1 rings (SSSR count). The molecule has 76 valence electrons. The van der Waals surface area contributed by atoms with E-state index in [1.54, 1.807) is 0 Å². The van der Waals surface area contributed by atoms with Gasteiger partial charge in [-0.1, -0.05) is 20.3 Å². The summed E-state index contributed by atoms with van der Waals surface area (Å²) in [6.45, 7) is 6.61. The van der Waals surface area contributed by atoms with Crippen molar-refractivity contribution in [2.75, 3.05) is 6.61 Å². The molecule has 0 saturated carbocycles. The van der Waals surface area contributed by atoms with Crippen molar-refractivity contribution in [2.24, 2.45) is 5.92 Å². The van der Waals surface area contributed by atoms with E-state index < -0.39 is 5.79 Å². The summed E-state index contributed by atoms with van der Waals surface area (Å²) in [6.07, 6.45) is 2.58. The topological polar surface area (TPSA) is 35.5 Å². The van der Waals surface area contributed by atoms with Gasteiger partial charge in [0.05, 0.1) is 13.0 Å². The number of hydrogen-bond acceptors (Lipinski definition) is 3. The minimum Gasteiger partial charge on any atom is -0.433 e. The van der Waals surface area contributed by atoms with E-state index in [0.29, 0.717) is 13.0 Å². The summed E-state index contributed by atoms with van der Waals surface area (Å²) in [6, 6.07) is 0. The van der Waals surface area contributed by atoms with Gasteiger partial charge < -0.3 is 9.47 Å². The summed E-state index contributed by atoms with van der Waals surface area (Å²) in [4.78, 5) is 11.0. The van der Waals surface area contributed by atoms with E-state index in [1.807, 2.05) is 13.8 Å². The van der Waals surface area contributed by atoms with Crippen LogP contribution in [0.5, 0.6) is 0 Å². The standard InChI is InChI=1S/C10H18O3/c1-4-5-6-12-10(3)8(2)7-9(11)13-10/h8H,4-7H2,1-3H3/t8-,10-/m0/s1. The number of ether oxygens (including phenoxy) is 2. The van der Waals surface area contributed by atoms with Crippen molar-refractivity contribution in [3.8, 4) is 0 Å². The Balaban J connectivity index is 2.41. The van der Waals surface area contributed by atoms with Crippen LogP contribution in [-0.4, -0.2) is 18.4 Å². The van der Waals surface area contributed by atoms with E-state index in [0.717, 1.165) is 12.8 Å². The average molecular weight is 186 g/mol. The Hall–Kier alpha value is -0.570. The third kappa shape index (κ3) is 2.44. The molecule has 0 N–H and O–H groups in total. The van der Waals surface area contributed by atoms with E-state index >= 15 is 0 Å². The molecule has 13 heavy (non-hydrogen) atoms. The normalized spacial score (nSPS) is 33.5. The maximum absolute atomic E-state index is 11.0. The number of rotatable bonds is 4. The van der Waals surface area contributed by atoms with Crippen molar-refractivity contribution in [3.05, 3.63) is 0 Å². The van der Waals surface area contributed by atoms with E-state index in [4.69, 9.17) is 9.47 Å². The molecule has 2 atom stereocenters. The SMILES string of the molecule is CCCCO[C@@]1(C)OC(=O)C[C@@H]1C. The second-order valence-electron chi connectivity index (χ2n) is 3.80. The van der Waals surface area contributed by atoms with Gasteiger partial charge in [0.15, 0.2) is 0 Å². The number of carbonyl (C=O) groups is 1. The fourth-order valence-electron chi connectivity index (χ4n) is 1.39. The third-order valence-electron chi connectivity index (χ3n) is 2.57. The minimum absolute atomic E-state index is 0.147. The predicted molar refractivity (Wildman–Crippen MR) is 49.1 cm³/mol. The first-order valence-corrected chi connectivity index (χ1v) is 4.94. The lowest BCUT2D eigenvalue weighted by molar-refractivity contribution is -0.216. The van der Waals surface area contributed by atoms with Crippen LogP contribution < -0.4 is 0 Å². The molecular formula is C10H18O3. The van der Waals surface area contributed by atoms with Crippen LogP contribution in [0.15, 0.2) is 0 Å². The zero-order chi connectivity index (χ0) is 9.90. The number of hydrogen-bond donors (Lipinski definition) is 0. The second-order valence-corrected chi connectivity index (χ2v) is 3.80. The van der Waals surface area contributed by atoms with E-state index in [9.17, 15) is 4.79 Å². The third-order valence-corrected chi connectivity index (χ3v) is 2.57. The molecule has 0 aromatic heterocycles. The Labute approximate surface area is 79.4 Å². The van der Waals surface area contributed by atoms with E-state index in [1.165, 1.54) is 0 Å². The molecule has 1 aliphatic heterocycles. The highest BCUT2D eigenvalue weighted by atomic mass is 16.7. The maximum Gasteiger partial charge on any atom is 0.308 e. The summed E-state index contributed by atoms with van der Waals surface area (Å²) < 4.78 is 10.7. The van der Waals surface area contributed by atoms with Crippen LogP contribution in [0.1, 0.15) is 40.0 Å². The predicted octanol–water partition coefficient (Wildman–Crippen LogP) is 2.10. The Morgan fingerprint density at radius 2 is 2.38 bits per heavy atom. The van der Waals surface area contributed by atoms with Crippen molar-refractivity contribution in [2.45, 2.75) is 45.8 Å². The Kier molecular flexibility index (Phi) is 3.31. The molecule has 0 aromatic carbocycles. The monoisotopic (exact) mass is 186 g/mol. The van der Waals surface area contributed by atoms with Gasteiger partial charge in [0.2, 0.25) is 5.79 Å². The Morgan fingerprint density at radius 3 is 2.85 bits per heavy atom. The van der Waals surface area contributed by atoms with Crippen LogP contribution in [0.3, 0.4) is 0 Å². The zero-order valence-electron chi connectivity index (χ0n) is 8.63. The molecule has 1 saturated heterocycles. The van der Waals surface area contributed by atoms with Gasteiger partial charge in [-0.3, -0.25) is 4.79 Å². The highest BCUT2D eigenvalue weighted by molar-refractivity contribution is 5.72. The number of unbranched alkanes of at least 4 members (excludes halogenated alkanes) is 1. The largest absolute Gasteiger partial charge is 0.433 e. The molecule has 0 spiro atoms. The molecule has 3 nitrogen and oxygen atoms in total. The van der Waals surface area contributed by atoms with Crippen LogP contribution >= 0.6 is 0 Å². The van der Waals surface area contributed by atoms with Gasteiger partial charge in [-0.25, -0.2) is 0 Å². The van der Waals surface area contributed by atoms with Gasteiger partial charge in [0, 0.05) is 12.8 Å². The minimum atomic E-state index is -0.674. The lowest BCUT2D eigenvalue weighted by Gasteiger charge is -2.27. The van der Waals surface area contributed by atoms with E-state index in [-0.39, 0.29) is 11.9 Å².